The number of halogens is 3. The highest BCUT2D eigenvalue weighted by molar-refractivity contribution is 6.51. The Balaban J connectivity index is 1.94. The van der Waals surface area contributed by atoms with Gasteiger partial charge in [-0.2, -0.15) is 13.2 Å². The highest BCUT2D eigenvalue weighted by Crippen LogP contribution is 2.43. The normalized spacial score (nSPS) is 17.6. The number of aryl methyl sites for hydroxylation is 1. The third-order valence-corrected chi connectivity index (χ3v) is 5.67. The highest BCUT2D eigenvalue weighted by atomic mass is 19.4. The van der Waals surface area contributed by atoms with Crippen LogP contribution >= 0.6 is 0 Å². The smallest absolute Gasteiger partial charge is 0.416 e. The van der Waals surface area contributed by atoms with Gasteiger partial charge in [0.2, 0.25) is 0 Å². The minimum atomic E-state index is -4.64. The Hall–Kier alpha value is -4.07. The monoisotopic (exact) mass is 481 g/mol. The Morgan fingerprint density at radius 3 is 2.40 bits per heavy atom. The van der Waals surface area contributed by atoms with Gasteiger partial charge in [0.15, 0.2) is 0 Å². The molecule has 1 heterocycles. The predicted molar refractivity (Wildman–Crippen MR) is 125 cm³/mol. The first-order chi connectivity index (χ1) is 16.6. The molecule has 0 spiro atoms. The summed E-state index contributed by atoms with van der Waals surface area (Å²) in [5.41, 5.74) is 0.266. The first kappa shape index (κ1) is 24.1. The number of hydrogen-bond acceptors (Lipinski definition) is 4. The quantitative estimate of drug-likeness (QED) is 0.274. The SMILES string of the molecule is CCOc1cccc(/C(O)=C2\C(=O)C(=O)N(c3cccc(C(F)(F)F)c3)C2c2cccc(C)c2)c1. The number of rotatable bonds is 5. The molecule has 1 fully saturated rings. The van der Waals surface area contributed by atoms with Crippen molar-refractivity contribution in [2.75, 3.05) is 11.5 Å². The number of ether oxygens (including phenoxy) is 1. The van der Waals surface area contributed by atoms with Crippen molar-refractivity contribution in [2.45, 2.75) is 26.1 Å². The summed E-state index contributed by atoms with van der Waals surface area (Å²) < 4.78 is 45.7. The van der Waals surface area contributed by atoms with Crippen LogP contribution in [0.2, 0.25) is 0 Å². The van der Waals surface area contributed by atoms with Crippen LogP contribution in [0.3, 0.4) is 0 Å². The van der Waals surface area contributed by atoms with Crippen LogP contribution in [-0.4, -0.2) is 23.4 Å². The van der Waals surface area contributed by atoms with Gasteiger partial charge in [-0.25, -0.2) is 0 Å². The molecule has 35 heavy (non-hydrogen) atoms. The number of nitrogens with zero attached hydrogens (tertiary/aromatic N) is 1. The standard InChI is InChI=1S/C27H22F3NO4/c1-3-35-21-12-5-9-18(14-21)24(32)22-23(17-8-4-7-16(2)13-17)31(26(34)25(22)33)20-11-6-10-19(15-20)27(28,29)30/h4-15,23,32H,3H2,1-2H3/b24-22+. The van der Waals surface area contributed by atoms with Gasteiger partial charge in [-0.1, -0.05) is 48.0 Å². The van der Waals surface area contributed by atoms with Crippen molar-refractivity contribution in [3.8, 4) is 5.75 Å². The number of hydrogen-bond donors (Lipinski definition) is 1. The average molecular weight is 481 g/mol. The number of anilines is 1. The van der Waals surface area contributed by atoms with Crippen molar-refractivity contribution in [3.63, 3.8) is 0 Å². The van der Waals surface area contributed by atoms with Crippen LogP contribution in [0, 0.1) is 6.92 Å². The van der Waals surface area contributed by atoms with Gasteiger partial charge >= 0.3 is 6.18 Å². The molecule has 1 atom stereocenters. The van der Waals surface area contributed by atoms with E-state index in [4.69, 9.17) is 4.74 Å². The molecular formula is C27H22F3NO4. The van der Waals surface area contributed by atoms with Crippen LogP contribution in [-0.2, 0) is 15.8 Å². The molecule has 1 saturated heterocycles. The summed E-state index contributed by atoms with van der Waals surface area (Å²) >= 11 is 0. The second kappa shape index (κ2) is 9.29. The highest BCUT2D eigenvalue weighted by Gasteiger charge is 2.47. The van der Waals surface area contributed by atoms with Crippen molar-refractivity contribution in [1.82, 2.24) is 0 Å². The van der Waals surface area contributed by atoms with E-state index in [1.807, 2.05) is 13.0 Å². The average Bonchev–Trinajstić information content (AvgIpc) is 3.09. The Bertz CT molecular complexity index is 1330. The fraction of sp³-hybridized carbons (Fsp3) is 0.185. The summed E-state index contributed by atoms with van der Waals surface area (Å²) in [7, 11) is 0. The van der Waals surface area contributed by atoms with E-state index in [-0.39, 0.29) is 16.8 Å². The Kier molecular flexibility index (Phi) is 6.39. The molecule has 8 heteroatoms. The van der Waals surface area contributed by atoms with Gasteiger partial charge in [-0.15, -0.1) is 0 Å². The zero-order valence-electron chi connectivity index (χ0n) is 19.0. The maximum atomic E-state index is 13.4. The zero-order chi connectivity index (χ0) is 25.3. The van der Waals surface area contributed by atoms with E-state index in [9.17, 15) is 27.9 Å². The molecule has 4 rings (SSSR count). The molecule has 3 aromatic carbocycles. The molecule has 1 aliphatic heterocycles. The molecule has 1 N–H and O–H groups in total. The molecule has 3 aromatic rings. The maximum absolute atomic E-state index is 13.4. The van der Waals surface area contributed by atoms with Crippen molar-refractivity contribution in [2.24, 2.45) is 0 Å². The first-order valence-electron chi connectivity index (χ1n) is 10.9. The lowest BCUT2D eigenvalue weighted by atomic mass is 9.94. The molecule has 0 saturated carbocycles. The van der Waals surface area contributed by atoms with E-state index in [0.717, 1.165) is 22.6 Å². The van der Waals surface area contributed by atoms with Gasteiger partial charge in [0.05, 0.1) is 23.8 Å². The largest absolute Gasteiger partial charge is 0.507 e. The minimum absolute atomic E-state index is 0.101. The first-order valence-corrected chi connectivity index (χ1v) is 10.9. The number of amides is 1. The second-order valence-corrected chi connectivity index (χ2v) is 8.09. The zero-order valence-corrected chi connectivity index (χ0v) is 19.0. The Morgan fingerprint density at radius 1 is 1.00 bits per heavy atom. The number of benzene rings is 3. The van der Waals surface area contributed by atoms with Crippen LogP contribution in [0.5, 0.6) is 5.75 Å². The fourth-order valence-corrected chi connectivity index (χ4v) is 4.14. The predicted octanol–water partition coefficient (Wildman–Crippen LogP) is 6.04. The van der Waals surface area contributed by atoms with Crippen molar-refractivity contribution >= 4 is 23.1 Å². The summed E-state index contributed by atoms with van der Waals surface area (Å²) in [5.74, 6) is -2.01. The van der Waals surface area contributed by atoms with Crippen LogP contribution < -0.4 is 9.64 Å². The number of alkyl halides is 3. The van der Waals surface area contributed by atoms with Crippen LogP contribution in [0.4, 0.5) is 18.9 Å². The molecular weight excluding hydrogens is 459 g/mol. The maximum Gasteiger partial charge on any atom is 0.416 e. The van der Waals surface area contributed by atoms with Crippen molar-refractivity contribution < 1.29 is 32.6 Å². The molecule has 1 unspecified atom stereocenters. The summed E-state index contributed by atoms with van der Waals surface area (Å²) in [6.45, 7) is 3.99. The lowest BCUT2D eigenvalue weighted by Crippen LogP contribution is -2.29. The summed E-state index contributed by atoms with van der Waals surface area (Å²) in [6, 6.07) is 16.4. The van der Waals surface area contributed by atoms with Crippen LogP contribution in [0.1, 0.15) is 35.2 Å². The molecule has 0 radical (unpaired) electrons. The van der Waals surface area contributed by atoms with Crippen LogP contribution in [0.15, 0.2) is 78.4 Å². The van der Waals surface area contributed by atoms with Gasteiger partial charge in [-0.3, -0.25) is 14.5 Å². The number of carbonyl (C=O) groups excluding carboxylic acids is 2. The van der Waals surface area contributed by atoms with E-state index >= 15 is 0 Å². The molecule has 5 nitrogen and oxygen atoms in total. The summed E-state index contributed by atoms with van der Waals surface area (Å²) in [5, 5.41) is 11.2. The third kappa shape index (κ3) is 4.64. The number of aliphatic hydroxyl groups excluding tert-OH is 1. The fourth-order valence-electron chi connectivity index (χ4n) is 4.14. The van der Waals surface area contributed by atoms with E-state index in [1.54, 1.807) is 43.3 Å². The van der Waals surface area contributed by atoms with E-state index in [0.29, 0.717) is 17.9 Å². The minimum Gasteiger partial charge on any atom is -0.507 e. The molecule has 1 amide bonds. The second-order valence-electron chi connectivity index (χ2n) is 8.09. The summed E-state index contributed by atoms with van der Waals surface area (Å²) in [6.07, 6.45) is -4.64. The van der Waals surface area contributed by atoms with E-state index in [1.165, 1.54) is 18.2 Å². The Morgan fingerprint density at radius 2 is 1.71 bits per heavy atom. The third-order valence-electron chi connectivity index (χ3n) is 5.67. The molecule has 0 bridgehead atoms. The number of aliphatic hydroxyl groups is 1. The van der Waals surface area contributed by atoms with Gasteiger partial charge in [0.25, 0.3) is 11.7 Å². The molecule has 0 aromatic heterocycles. The summed E-state index contributed by atoms with van der Waals surface area (Å²) in [4.78, 5) is 27.4. The van der Waals surface area contributed by atoms with Gasteiger partial charge in [-0.05, 0) is 49.7 Å². The van der Waals surface area contributed by atoms with Crippen LogP contribution in [0.25, 0.3) is 5.76 Å². The van der Waals surface area contributed by atoms with Gasteiger partial charge < -0.3 is 9.84 Å². The van der Waals surface area contributed by atoms with Crippen molar-refractivity contribution in [1.29, 1.82) is 0 Å². The number of Topliss-reactive ketones (excluding diaryl/α,β-unsaturated/α-hetero) is 1. The lowest BCUT2D eigenvalue weighted by molar-refractivity contribution is -0.137. The van der Waals surface area contributed by atoms with Crippen molar-refractivity contribution in [3.05, 3.63) is 101 Å². The molecule has 1 aliphatic rings. The van der Waals surface area contributed by atoms with E-state index < -0.39 is 35.2 Å². The molecule has 180 valence electrons. The van der Waals surface area contributed by atoms with Gasteiger partial charge in [0.1, 0.15) is 11.5 Å². The Labute approximate surface area is 200 Å². The molecule has 0 aliphatic carbocycles. The lowest BCUT2D eigenvalue weighted by Gasteiger charge is -2.26. The number of carbonyl (C=O) groups is 2. The topological polar surface area (TPSA) is 66.8 Å². The van der Waals surface area contributed by atoms with Gasteiger partial charge in [0, 0.05) is 11.3 Å². The number of ketones is 1. The van der Waals surface area contributed by atoms with E-state index in [2.05, 4.69) is 0 Å².